The average Bonchev–Trinajstić information content (AvgIpc) is 2.66. The Hall–Kier alpha value is 0.460. The first-order valence-corrected chi connectivity index (χ1v) is 6.71. The van der Waals surface area contributed by atoms with Crippen LogP contribution in [0.5, 0.6) is 0 Å². The molecule has 0 aromatic heterocycles. The van der Waals surface area contributed by atoms with Crippen LogP contribution in [-0.2, 0) is 47.6 Å². The molecule has 0 bridgehead atoms. The summed E-state index contributed by atoms with van der Waals surface area (Å²) in [5.74, 6) is 0. The van der Waals surface area contributed by atoms with E-state index in [1.54, 1.807) is 0 Å². The van der Waals surface area contributed by atoms with Crippen LogP contribution in [0, 0.1) is 0 Å². The smallest absolute Gasteiger partial charge is 0.757 e. The van der Waals surface area contributed by atoms with Gasteiger partial charge in [0.15, 0.2) is 0 Å². The van der Waals surface area contributed by atoms with Crippen LogP contribution in [0.2, 0.25) is 0 Å². The van der Waals surface area contributed by atoms with Crippen molar-refractivity contribution >= 4 is 30.4 Å². The molecule has 3 unspecified atom stereocenters. The third-order valence-electron chi connectivity index (χ3n) is 3.48. The van der Waals surface area contributed by atoms with Crippen molar-refractivity contribution in [3.8, 4) is 0 Å². The van der Waals surface area contributed by atoms with Gasteiger partial charge in [0.25, 0.3) is 0 Å². The summed E-state index contributed by atoms with van der Waals surface area (Å²) >= 11 is 9.97. The van der Waals surface area contributed by atoms with Crippen molar-refractivity contribution < 1.29 is 22.4 Å². The van der Waals surface area contributed by atoms with E-state index in [2.05, 4.69) is 29.3 Å². The van der Waals surface area contributed by atoms with Gasteiger partial charge in [-0.15, -0.1) is 0 Å². The fraction of sp³-hybridized carbons (Fsp3) is 0.900. The van der Waals surface area contributed by atoms with Crippen molar-refractivity contribution in [1.29, 1.82) is 0 Å². The second-order valence-corrected chi connectivity index (χ2v) is 5.40. The molecule has 2 heterocycles. The van der Waals surface area contributed by atoms with Crippen LogP contribution in [0.1, 0.15) is 13.8 Å². The summed E-state index contributed by atoms with van der Waals surface area (Å²) in [6, 6.07) is 0. The van der Waals surface area contributed by atoms with E-state index in [-0.39, 0.29) is 27.9 Å². The number of nitrogens with zero attached hydrogens (tertiary/aromatic N) is 5. The van der Waals surface area contributed by atoms with Crippen molar-refractivity contribution in [2.24, 2.45) is 5.10 Å². The molecule has 2 aliphatic heterocycles. The Morgan fingerprint density at radius 3 is 1.74 bits per heavy atom. The van der Waals surface area contributed by atoms with Gasteiger partial charge in [-0.3, -0.25) is 15.3 Å². The maximum absolute atomic E-state index is 5.05. The molecule has 0 aromatic rings. The van der Waals surface area contributed by atoms with Gasteiger partial charge in [0, 0.05) is 26.3 Å². The number of hydrogen-bond acceptors (Lipinski definition) is 8. The monoisotopic (exact) mass is 487 g/mol. The van der Waals surface area contributed by atoms with Crippen LogP contribution in [0.15, 0.2) is 5.10 Å². The minimum atomic E-state index is 0. The number of hydrazone groups is 1. The number of hydrogen-bond donors (Lipinski definition) is 1. The Balaban J connectivity index is 0.000000324. The molecule has 1 fully saturated rings. The van der Waals surface area contributed by atoms with Crippen molar-refractivity contribution in [2.45, 2.75) is 31.7 Å². The molecule has 0 saturated carbocycles. The molecule has 1 N–H and O–H groups in total. The maximum atomic E-state index is 5.05. The van der Waals surface area contributed by atoms with Gasteiger partial charge in [-0.25, -0.2) is 5.01 Å². The van der Waals surface area contributed by atoms with Crippen LogP contribution in [0.3, 0.4) is 0 Å². The molecule has 0 radical (unpaired) electrons. The molecule has 19 heavy (non-hydrogen) atoms. The number of rotatable bonds is 0. The zero-order valence-electron chi connectivity index (χ0n) is 12.1. The Bertz CT molecular complexity index is 306. The van der Waals surface area contributed by atoms with Crippen molar-refractivity contribution in [1.82, 2.24) is 25.2 Å². The molecule has 114 valence electrons. The summed E-state index contributed by atoms with van der Waals surface area (Å²) in [7, 11) is 7.87. The number of amidine groups is 1. The van der Waals surface area contributed by atoms with Gasteiger partial charge in [0.1, 0.15) is 6.17 Å². The molecule has 0 spiro atoms. The standard InChI is InChI=1S/C5H13N3S.C5H11N3S.Au/c2*1-4-7(2)5(9)6-8(4)3;/h4-6,9H,1-3H3;4H,1-3H3,(H,6,9);/q;;+3/p-2. The number of nitrogens with one attached hydrogen (secondary N) is 1. The molecule has 2 rings (SSSR count). The Morgan fingerprint density at radius 2 is 1.63 bits per heavy atom. The van der Waals surface area contributed by atoms with Crippen LogP contribution in [0.25, 0.3) is 0 Å². The van der Waals surface area contributed by atoms with Gasteiger partial charge in [-0.2, -0.15) is 5.10 Å². The predicted octanol–water partition coefficient (Wildman–Crippen LogP) is -0.430. The largest absolute Gasteiger partial charge is 3.00 e. The fourth-order valence-corrected chi connectivity index (χ4v) is 2.17. The zero-order valence-corrected chi connectivity index (χ0v) is 15.9. The third-order valence-corrected chi connectivity index (χ3v) is 4.29. The van der Waals surface area contributed by atoms with Crippen molar-refractivity contribution in [2.75, 3.05) is 28.2 Å². The summed E-state index contributed by atoms with van der Waals surface area (Å²) in [5.41, 5.74) is 3.15. The van der Waals surface area contributed by atoms with Gasteiger partial charge in [0.05, 0.1) is 6.17 Å². The van der Waals surface area contributed by atoms with E-state index in [9.17, 15) is 0 Å². The van der Waals surface area contributed by atoms with Gasteiger partial charge in [-0.1, -0.05) is 0 Å². The van der Waals surface area contributed by atoms with E-state index >= 15 is 0 Å². The Labute approximate surface area is 142 Å². The van der Waals surface area contributed by atoms with Crippen LogP contribution in [0.4, 0.5) is 0 Å². The molecule has 0 amide bonds. The summed E-state index contributed by atoms with van der Waals surface area (Å²) in [6.07, 6.45) is 0.727. The molecule has 6 nitrogen and oxygen atoms in total. The number of hydrazine groups is 1. The van der Waals surface area contributed by atoms with Crippen molar-refractivity contribution in [3.05, 3.63) is 0 Å². The summed E-state index contributed by atoms with van der Waals surface area (Å²) < 4.78 is 0. The van der Waals surface area contributed by atoms with E-state index in [0.717, 1.165) is 0 Å². The minimum absolute atomic E-state index is 0. The third kappa shape index (κ3) is 4.75. The Morgan fingerprint density at radius 1 is 1.11 bits per heavy atom. The van der Waals surface area contributed by atoms with Crippen LogP contribution in [-0.4, -0.2) is 71.0 Å². The molecule has 1 saturated heterocycles. The first-order chi connectivity index (χ1) is 8.25. The summed E-state index contributed by atoms with van der Waals surface area (Å²) in [5, 5.41) is 8.57. The second kappa shape index (κ2) is 8.04. The fourth-order valence-electron chi connectivity index (χ4n) is 1.54. The van der Waals surface area contributed by atoms with E-state index in [1.807, 2.05) is 43.1 Å². The van der Waals surface area contributed by atoms with Crippen LogP contribution < -0.4 is 5.43 Å². The normalized spacial score (nSPS) is 31.7. The minimum Gasteiger partial charge on any atom is -0.757 e. The summed E-state index contributed by atoms with van der Waals surface area (Å²) in [4.78, 5) is 4.05. The van der Waals surface area contributed by atoms with Gasteiger partial charge in [0.2, 0.25) is 0 Å². The maximum Gasteiger partial charge on any atom is 3.00 e. The Kier molecular flexibility index (Phi) is 8.23. The molecular formula is C10H22AuN6S2+. The van der Waals surface area contributed by atoms with Gasteiger partial charge < -0.3 is 30.2 Å². The van der Waals surface area contributed by atoms with E-state index in [1.165, 1.54) is 0 Å². The molecule has 9 heteroatoms. The van der Waals surface area contributed by atoms with Crippen LogP contribution >= 0.6 is 0 Å². The average molecular weight is 487 g/mol. The molecule has 2 aliphatic rings. The van der Waals surface area contributed by atoms with E-state index < -0.39 is 0 Å². The van der Waals surface area contributed by atoms with Crippen molar-refractivity contribution in [3.63, 3.8) is 0 Å². The second-order valence-electron chi connectivity index (χ2n) is 4.59. The topological polar surface area (TPSA) is 37.4 Å². The first kappa shape index (κ1) is 19.5. The zero-order chi connectivity index (χ0) is 14.0. The molecule has 0 aromatic carbocycles. The predicted molar refractivity (Wildman–Crippen MR) is 79.1 cm³/mol. The quantitative estimate of drug-likeness (QED) is 0.367. The molecular weight excluding hydrogens is 465 g/mol. The van der Waals surface area contributed by atoms with Gasteiger partial charge >= 0.3 is 22.4 Å². The summed E-state index contributed by atoms with van der Waals surface area (Å²) in [6.45, 7) is 4.17. The van der Waals surface area contributed by atoms with E-state index in [0.29, 0.717) is 17.5 Å². The van der Waals surface area contributed by atoms with E-state index in [4.69, 9.17) is 25.3 Å². The van der Waals surface area contributed by atoms with Gasteiger partial charge in [-0.05, 0) is 26.4 Å². The molecule has 0 aliphatic carbocycles. The SMILES string of the molecule is CC1N(C)N=C([S-])N1C.CC1N(C)NC([S-])N1C.[Au+3]. The first-order valence-electron chi connectivity index (χ1n) is 5.83. The molecule has 3 atom stereocenters.